The van der Waals surface area contributed by atoms with Gasteiger partial charge in [0, 0.05) is 6.20 Å². The summed E-state index contributed by atoms with van der Waals surface area (Å²) in [5, 5.41) is 10.8. The summed E-state index contributed by atoms with van der Waals surface area (Å²) in [6.45, 7) is 0. The van der Waals surface area contributed by atoms with Crippen molar-refractivity contribution < 1.29 is 9.18 Å². The maximum absolute atomic E-state index is 13.0. The highest BCUT2D eigenvalue weighted by Crippen LogP contribution is 2.33. The number of hydrogen-bond donors (Lipinski definition) is 1. The van der Waals surface area contributed by atoms with Crippen LogP contribution in [0.15, 0.2) is 52.8 Å². The van der Waals surface area contributed by atoms with Gasteiger partial charge in [-0.1, -0.05) is 12.1 Å². The molecule has 6 heteroatoms. The zero-order valence-corrected chi connectivity index (χ0v) is 12.7. The Morgan fingerprint density at radius 3 is 2.62 bits per heavy atom. The Bertz CT molecular complexity index is 854. The molecule has 2 aliphatic rings. The SMILES string of the molecule is O=C(NC1=NN=C(C2CC2)[CH]1)c1cc(-c2ccc(F)cc2)ccn1. The lowest BCUT2D eigenvalue weighted by Gasteiger charge is -2.06. The number of amides is 1. The molecular formula is C18H14FN4O. The first-order chi connectivity index (χ1) is 11.7. The number of nitrogens with one attached hydrogen (secondary N) is 1. The second kappa shape index (κ2) is 5.96. The van der Waals surface area contributed by atoms with Crippen LogP contribution in [0.2, 0.25) is 0 Å². The summed E-state index contributed by atoms with van der Waals surface area (Å²) in [6.07, 6.45) is 5.62. The molecule has 1 N–H and O–H groups in total. The molecule has 0 spiro atoms. The first-order valence-corrected chi connectivity index (χ1v) is 7.73. The van der Waals surface area contributed by atoms with Crippen LogP contribution < -0.4 is 5.32 Å². The van der Waals surface area contributed by atoms with E-state index in [0.29, 0.717) is 11.8 Å². The minimum Gasteiger partial charge on any atom is -0.307 e. The van der Waals surface area contributed by atoms with Crippen molar-refractivity contribution in [3.63, 3.8) is 0 Å². The number of benzene rings is 1. The Balaban J connectivity index is 1.47. The van der Waals surface area contributed by atoms with Crippen LogP contribution in [-0.4, -0.2) is 22.4 Å². The van der Waals surface area contributed by atoms with Gasteiger partial charge < -0.3 is 5.32 Å². The number of rotatable bonds is 3. The molecule has 1 radical (unpaired) electrons. The number of carbonyl (C=O) groups excluding carboxylic acids is 1. The lowest BCUT2D eigenvalue weighted by molar-refractivity contribution is 0.0972. The van der Waals surface area contributed by atoms with Crippen molar-refractivity contribution in [1.82, 2.24) is 10.3 Å². The number of amidine groups is 1. The molecular weight excluding hydrogens is 307 g/mol. The Morgan fingerprint density at radius 2 is 1.88 bits per heavy atom. The highest BCUT2D eigenvalue weighted by atomic mass is 19.1. The van der Waals surface area contributed by atoms with Gasteiger partial charge in [0.05, 0.1) is 12.1 Å². The molecule has 119 valence electrons. The fourth-order valence-corrected chi connectivity index (χ4v) is 2.51. The van der Waals surface area contributed by atoms with Gasteiger partial charge in [-0.15, -0.1) is 5.10 Å². The van der Waals surface area contributed by atoms with Gasteiger partial charge in [0.25, 0.3) is 5.91 Å². The zero-order chi connectivity index (χ0) is 16.5. The van der Waals surface area contributed by atoms with E-state index >= 15 is 0 Å². The van der Waals surface area contributed by atoms with Gasteiger partial charge in [0.1, 0.15) is 17.3 Å². The van der Waals surface area contributed by atoms with E-state index in [1.807, 2.05) is 0 Å². The molecule has 2 heterocycles. The van der Waals surface area contributed by atoms with Crippen molar-refractivity contribution in [2.24, 2.45) is 16.1 Å². The third kappa shape index (κ3) is 3.08. The van der Waals surface area contributed by atoms with Crippen LogP contribution in [-0.2, 0) is 0 Å². The van der Waals surface area contributed by atoms with Gasteiger partial charge in [0.15, 0.2) is 0 Å². The Hall–Kier alpha value is -2.89. The van der Waals surface area contributed by atoms with E-state index in [1.165, 1.54) is 12.1 Å². The highest BCUT2D eigenvalue weighted by Gasteiger charge is 2.31. The molecule has 0 saturated heterocycles. The Labute approximate surface area is 138 Å². The summed E-state index contributed by atoms with van der Waals surface area (Å²) in [4.78, 5) is 16.4. The van der Waals surface area contributed by atoms with Crippen LogP contribution in [0, 0.1) is 18.2 Å². The monoisotopic (exact) mass is 321 g/mol. The zero-order valence-electron chi connectivity index (χ0n) is 12.7. The third-order valence-corrected chi connectivity index (χ3v) is 3.97. The summed E-state index contributed by atoms with van der Waals surface area (Å²) in [7, 11) is 0. The van der Waals surface area contributed by atoms with Crippen LogP contribution in [0.5, 0.6) is 0 Å². The van der Waals surface area contributed by atoms with E-state index in [1.54, 1.807) is 36.9 Å². The number of carbonyl (C=O) groups is 1. The van der Waals surface area contributed by atoms with Crippen molar-refractivity contribution in [1.29, 1.82) is 0 Å². The summed E-state index contributed by atoms with van der Waals surface area (Å²) < 4.78 is 13.0. The van der Waals surface area contributed by atoms with Crippen molar-refractivity contribution in [2.75, 3.05) is 0 Å². The average molecular weight is 321 g/mol. The molecule has 5 nitrogen and oxygen atoms in total. The quantitative estimate of drug-likeness (QED) is 0.944. The minimum atomic E-state index is -0.346. The van der Waals surface area contributed by atoms with Crippen LogP contribution in [0.3, 0.4) is 0 Å². The standard InChI is InChI=1S/C18H14FN4O/c19-14-5-3-11(4-6-14)13-7-8-20-16(9-13)18(24)21-17-10-15(22-23-17)12-1-2-12/h3-10,12H,1-2H2,(H,21,23,24). The van der Waals surface area contributed by atoms with Gasteiger partial charge in [-0.3, -0.25) is 9.78 Å². The Morgan fingerprint density at radius 1 is 1.08 bits per heavy atom. The molecule has 4 rings (SSSR count). The number of aromatic nitrogens is 1. The highest BCUT2D eigenvalue weighted by molar-refractivity contribution is 6.22. The van der Waals surface area contributed by atoms with Crippen LogP contribution >= 0.6 is 0 Å². The van der Waals surface area contributed by atoms with Crippen LogP contribution in [0.25, 0.3) is 11.1 Å². The number of hydrogen-bond acceptors (Lipinski definition) is 4. The molecule has 1 fully saturated rings. The molecule has 1 aliphatic heterocycles. The number of pyridine rings is 1. The predicted octanol–water partition coefficient (Wildman–Crippen LogP) is 3.00. The molecule has 2 aromatic rings. The van der Waals surface area contributed by atoms with E-state index in [4.69, 9.17) is 0 Å². The average Bonchev–Trinajstić information content (AvgIpc) is 3.35. The number of nitrogens with zero attached hydrogens (tertiary/aromatic N) is 3. The molecule has 0 atom stereocenters. The lowest BCUT2D eigenvalue weighted by Crippen LogP contribution is -2.31. The minimum absolute atomic E-state index is 0.271. The molecule has 0 unspecified atom stereocenters. The van der Waals surface area contributed by atoms with Gasteiger partial charge in [-0.25, -0.2) is 4.39 Å². The topological polar surface area (TPSA) is 66.7 Å². The smallest absolute Gasteiger partial charge is 0.275 e. The largest absolute Gasteiger partial charge is 0.307 e. The predicted molar refractivity (Wildman–Crippen MR) is 89.0 cm³/mol. The third-order valence-electron chi connectivity index (χ3n) is 3.97. The molecule has 1 aliphatic carbocycles. The molecule has 1 aromatic carbocycles. The lowest BCUT2D eigenvalue weighted by atomic mass is 10.1. The molecule has 24 heavy (non-hydrogen) atoms. The Kier molecular flexibility index (Phi) is 3.65. The van der Waals surface area contributed by atoms with Crippen LogP contribution in [0.1, 0.15) is 23.3 Å². The summed E-state index contributed by atoms with van der Waals surface area (Å²) >= 11 is 0. The molecule has 0 bridgehead atoms. The van der Waals surface area contributed by atoms with Crippen molar-refractivity contribution >= 4 is 17.5 Å². The van der Waals surface area contributed by atoms with E-state index in [0.717, 1.165) is 29.7 Å². The summed E-state index contributed by atoms with van der Waals surface area (Å²) in [6, 6.07) is 9.54. The van der Waals surface area contributed by atoms with E-state index in [-0.39, 0.29) is 17.4 Å². The first kappa shape index (κ1) is 14.7. The van der Waals surface area contributed by atoms with Gasteiger partial charge in [-0.2, -0.15) is 5.10 Å². The van der Waals surface area contributed by atoms with E-state index in [2.05, 4.69) is 20.5 Å². The molecule has 1 saturated carbocycles. The maximum atomic E-state index is 13.0. The number of halogens is 1. The van der Waals surface area contributed by atoms with Gasteiger partial charge >= 0.3 is 0 Å². The van der Waals surface area contributed by atoms with Crippen molar-refractivity contribution in [2.45, 2.75) is 12.8 Å². The van der Waals surface area contributed by atoms with Gasteiger partial charge in [-0.05, 0) is 54.2 Å². The normalized spacial score (nSPS) is 16.5. The van der Waals surface area contributed by atoms with Crippen molar-refractivity contribution in [3.8, 4) is 11.1 Å². The van der Waals surface area contributed by atoms with E-state index in [9.17, 15) is 9.18 Å². The second-order valence-electron chi connectivity index (χ2n) is 5.82. The van der Waals surface area contributed by atoms with Gasteiger partial charge in [0.2, 0.25) is 0 Å². The second-order valence-corrected chi connectivity index (χ2v) is 5.82. The van der Waals surface area contributed by atoms with Crippen LogP contribution in [0.4, 0.5) is 4.39 Å². The summed E-state index contributed by atoms with van der Waals surface area (Å²) in [5.74, 6) is 0.284. The van der Waals surface area contributed by atoms with E-state index < -0.39 is 0 Å². The first-order valence-electron chi connectivity index (χ1n) is 7.73. The van der Waals surface area contributed by atoms with Crippen molar-refractivity contribution in [3.05, 3.63) is 60.5 Å². The fraction of sp³-hybridized carbons (Fsp3) is 0.167. The fourth-order valence-electron chi connectivity index (χ4n) is 2.51. The molecule has 1 amide bonds. The maximum Gasteiger partial charge on any atom is 0.275 e. The molecule has 1 aromatic heterocycles. The summed E-state index contributed by atoms with van der Waals surface area (Å²) in [5.41, 5.74) is 2.81.